The fraction of sp³-hybridized carbons (Fsp3) is 0.650. The van der Waals surface area contributed by atoms with Crippen molar-refractivity contribution in [1.82, 2.24) is 0 Å². The maximum Gasteiger partial charge on any atom is 0.396 e. The lowest BCUT2D eigenvalue weighted by Crippen LogP contribution is -2.32. The van der Waals surface area contributed by atoms with Crippen LogP contribution in [0.5, 0.6) is 0 Å². The molecule has 0 heterocycles. The van der Waals surface area contributed by atoms with Gasteiger partial charge in [-0.15, -0.1) is 0 Å². The second kappa shape index (κ2) is 9.85. The second-order valence-electron chi connectivity index (χ2n) is 7.61. The third kappa shape index (κ3) is 7.31. The van der Waals surface area contributed by atoms with Gasteiger partial charge in [-0.2, -0.15) is 13.2 Å². The summed E-state index contributed by atoms with van der Waals surface area (Å²) in [5.41, 5.74) is 7.10. The number of anilines is 2. The number of hydrogen-bond donors (Lipinski definition) is 1. The smallest absolute Gasteiger partial charge is 0.396 e. The van der Waals surface area contributed by atoms with E-state index in [1.807, 2.05) is 0 Å². The minimum atomic E-state index is -4.56. The average Bonchev–Trinajstić information content (AvgIpc) is 2.50. The number of nitrogen functional groups attached to an aromatic ring is 1. The lowest BCUT2D eigenvalue weighted by atomic mass is 9.94. The number of nitrogens with zero attached hydrogens (tertiary/aromatic N) is 1. The van der Waals surface area contributed by atoms with Gasteiger partial charge in [0.05, 0.1) is 30.3 Å². The van der Waals surface area contributed by atoms with Gasteiger partial charge in [0.25, 0.3) is 0 Å². The molecule has 0 saturated heterocycles. The van der Waals surface area contributed by atoms with Gasteiger partial charge in [-0.05, 0) is 36.5 Å². The summed E-state index contributed by atoms with van der Waals surface area (Å²) < 4.78 is 45.1. The lowest BCUT2D eigenvalue weighted by Gasteiger charge is -2.30. The molecule has 1 rings (SSSR count). The van der Waals surface area contributed by atoms with E-state index in [-0.39, 0.29) is 17.9 Å². The maximum absolute atomic E-state index is 13.5. The minimum Gasteiger partial charge on any atom is -0.466 e. The van der Waals surface area contributed by atoms with Crippen LogP contribution >= 0.6 is 0 Å². The normalized spacial score (nSPS) is 13.1. The Kier molecular flexibility index (Phi) is 8.44. The molecular formula is C20H31F3N2O2. The number of esters is 1. The van der Waals surface area contributed by atoms with E-state index < -0.39 is 24.5 Å². The highest BCUT2D eigenvalue weighted by atomic mass is 19.4. The van der Waals surface area contributed by atoms with Crippen LogP contribution in [-0.2, 0) is 9.53 Å². The van der Waals surface area contributed by atoms with E-state index in [4.69, 9.17) is 10.5 Å². The quantitative estimate of drug-likeness (QED) is 0.478. The van der Waals surface area contributed by atoms with Gasteiger partial charge >= 0.3 is 12.1 Å². The molecule has 0 aliphatic carbocycles. The number of rotatable bonds is 9. The van der Waals surface area contributed by atoms with Gasteiger partial charge in [0.1, 0.15) is 0 Å². The molecule has 0 aliphatic heterocycles. The predicted octanol–water partition coefficient (Wildman–Crippen LogP) is 4.99. The highest BCUT2D eigenvalue weighted by Gasteiger charge is 2.42. The number of benzene rings is 1. The van der Waals surface area contributed by atoms with E-state index in [2.05, 4.69) is 32.6 Å². The summed E-state index contributed by atoms with van der Waals surface area (Å²) in [5, 5.41) is 0. The third-order valence-corrected chi connectivity index (χ3v) is 4.04. The molecule has 0 fully saturated rings. The van der Waals surface area contributed by atoms with Crippen LogP contribution in [0.2, 0.25) is 0 Å². The Morgan fingerprint density at radius 3 is 2.11 bits per heavy atom. The van der Waals surface area contributed by atoms with Crippen molar-refractivity contribution in [3.8, 4) is 0 Å². The minimum absolute atomic E-state index is 0.0224. The van der Waals surface area contributed by atoms with Crippen LogP contribution in [0.4, 0.5) is 24.5 Å². The summed E-state index contributed by atoms with van der Waals surface area (Å²) in [6, 6.07) is 4.37. The fourth-order valence-electron chi connectivity index (χ4n) is 3.04. The highest BCUT2D eigenvalue weighted by Crippen LogP contribution is 2.40. The molecule has 0 radical (unpaired) electrons. The zero-order valence-electron chi connectivity index (χ0n) is 16.8. The van der Waals surface area contributed by atoms with E-state index in [0.717, 1.165) is 18.8 Å². The van der Waals surface area contributed by atoms with Gasteiger partial charge in [-0.3, -0.25) is 4.79 Å². The number of halogens is 3. The number of ether oxygens (including phenoxy) is 1. The van der Waals surface area contributed by atoms with Crippen LogP contribution in [0, 0.1) is 11.8 Å². The Bertz CT molecular complexity index is 606. The molecule has 0 amide bonds. The van der Waals surface area contributed by atoms with E-state index in [1.54, 1.807) is 13.0 Å². The van der Waals surface area contributed by atoms with Crippen LogP contribution in [0.25, 0.3) is 0 Å². The first-order chi connectivity index (χ1) is 12.5. The molecule has 0 saturated carbocycles. The van der Waals surface area contributed by atoms with Crippen LogP contribution in [-0.4, -0.2) is 31.8 Å². The SMILES string of the molecule is CCOC(=O)CC(c1ccc(N(CC(C)C)CC(C)C)c(N)c1)C(F)(F)F. The molecule has 2 N–H and O–H groups in total. The van der Waals surface area contributed by atoms with Crippen molar-refractivity contribution in [2.75, 3.05) is 30.3 Å². The monoisotopic (exact) mass is 388 g/mol. The number of alkyl halides is 3. The molecule has 0 aromatic heterocycles. The van der Waals surface area contributed by atoms with Crippen LogP contribution in [0.3, 0.4) is 0 Å². The molecule has 1 atom stereocenters. The van der Waals surface area contributed by atoms with Gasteiger partial charge in [-0.25, -0.2) is 0 Å². The summed E-state index contributed by atoms with van der Waals surface area (Å²) in [4.78, 5) is 13.7. The molecule has 7 heteroatoms. The summed E-state index contributed by atoms with van der Waals surface area (Å²) in [6.07, 6.45) is -5.31. The first-order valence-electron chi connectivity index (χ1n) is 9.32. The average molecular weight is 388 g/mol. The van der Waals surface area contributed by atoms with Crippen LogP contribution in [0.1, 0.15) is 52.5 Å². The van der Waals surface area contributed by atoms with Crippen molar-refractivity contribution in [2.45, 2.75) is 53.1 Å². The van der Waals surface area contributed by atoms with Gasteiger partial charge in [-0.1, -0.05) is 33.8 Å². The van der Waals surface area contributed by atoms with Crippen molar-refractivity contribution in [3.05, 3.63) is 23.8 Å². The van der Waals surface area contributed by atoms with Crippen LogP contribution < -0.4 is 10.6 Å². The van der Waals surface area contributed by atoms with E-state index >= 15 is 0 Å². The predicted molar refractivity (Wildman–Crippen MR) is 103 cm³/mol. The van der Waals surface area contributed by atoms with Gasteiger partial charge in [0.2, 0.25) is 0 Å². The molecule has 0 bridgehead atoms. The first kappa shape index (κ1) is 23.1. The van der Waals surface area contributed by atoms with E-state index in [1.165, 1.54) is 12.1 Å². The molecule has 1 unspecified atom stereocenters. The number of carbonyl (C=O) groups excluding carboxylic acids is 1. The molecule has 154 valence electrons. The Morgan fingerprint density at radius 2 is 1.70 bits per heavy atom. The lowest BCUT2D eigenvalue weighted by molar-refractivity contribution is -0.166. The second-order valence-corrected chi connectivity index (χ2v) is 7.61. The Balaban J connectivity index is 3.19. The zero-order chi connectivity index (χ0) is 20.8. The molecule has 0 spiro atoms. The van der Waals surface area contributed by atoms with Crippen molar-refractivity contribution in [2.24, 2.45) is 11.8 Å². The van der Waals surface area contributed by atoms with Crippen molar-refractivity contribution in [1.29, 1.82) is 0 Å². The summed E-state index contributed by atoms with van der Waals surface area (Å²) in [6.45, 7) is 11.4. The Labute approximate surface area is 159 Å². The Hall–Kier alpha value is -1.92. The summed E-state index contributed by atoms with van der Waals surface area (Å²) >= 11 is 0. The summed E-state index contributed by atoms with van der Waals surface area (Å²) in [5.74, 6) is -2.04. The molecular weight excluding hydrogens is 357 g/mol. The topological polar surface area (TPSA) is 55.6 Å². The number of carbonyl (C=O) groups is 1. The third-order valence-electron chi connectivity index (χ3n) is 4.04. The largest absolute Gasteiger partial charge is 0.466 e. The molecule has 4 nitrogen and oxygen atoms in total. The van der Waals surface area contributed by atoms with Gasteiger partial charge < -0.3 is 15.4 Å². The first-order valence-corrected chi connectivity index (χ1v) is 9.32. The highest BCUT2D eigenvalue weighted by molar-refractivity contribution is 5.72. The molecule has 0 aliphatic rings. The van der Waals surface area contributed by atoms with E-state index in [9.17, 15) is 18.0 Å². The molecule has 27 heavy (non-hydrogen) atoms. The summed E-state index contributed by atoms with van der Waals surface area (Å²) in [7, 11) is 0. The molecule has 1 aromatic rings. The van der Waals surface area contributed by atoms with Crippen molar-refractivity contribution in [3.63, 3.8) is 0 Å². The zero-order valence-corrected chi connectivity index (χ0v) is 16.8. The number of nitrogens with two attached hydrogens (primary N) is 1. The fourth-order valence-corrected chi connectivity index (χ4v) is 3.04. The van der Waals surface area contributed by atoms with Crippen molar-refractivity contribution >= 4 is 17.3 Å². The molecule has 1 aromatic carbocycles. The van der Waals surface area contributed by atoms with Gasteiger partial charge in [0.15, 0.2) is 0 Å². The van der Waals surface area contributed by atoms with Crippen molar-refractivity contribution < 1.29 is 22.7 Å². The van der Waals surface area contributed by atoms with E-state index in [0.29, 0.717) is 11.8 Å². The number of hydrogen-bond acceptors (Lipinski definition) is 4. The van der Waals surface area contributed by atoms with Crippen LogP contribution in [0.15, 0.2) is 18.2 Å². The Morgan fingerprint density at radius 1 is 1.15 bits per heavy atom. The van der Waals surface area contributed by atoms with Gasteiger partial charge in [0, 0.05) is 13.1 Å². The maximum atomic E-state index is 13.5. The standard InChI is InChI=1S/C20H31F3N2O2/c1-6-27-19(26)10-16(20(21,22)23)15-7-8-18(17(24)9-15)25(11-13(2)3)12-14(4)5/h7-9,13-14,16H,6,10-12,24H2,1-5H3.